The average molecular weight is 192 g/mol. The molecule has 0 bridgehead atoms. The van der Waals surface area contributed by atoms with Gasteiger partial charge in [-0.05, 0) is 31.0 Å². The summed E-state index contributed by atoms with van der Waals surface area (Å²) in [5.74, 6) is -0.275. The van der Waals surface area contributed by atoms with Gasteiger partial charge < -0.3 is 11.1 Å². The Morgan fingerprint density at radius 1 is 1.43 bits per heavy atom. The van der Waals surface area contributed by atoms with E-state index in [-0.39, 0.29) is 5.91 Å². The van der Waals surface area contributed by atoms with Gasteiger partial charge in [0.05, 0.1) is 0 Å². The number of nitrogens with one attached hydrogen (secondary N) is 1. The zero-order valence-corrected chi connectivity index (χ0v) is 8.63. The lowest BCUT2D eigenvalue weighted by Gasteiger charge is -2.09. The lowest BCUT2D eigenvalue weighted by molar-refractivity contribution is -0.117. The van der Waals surface area contributed by atoms with Crippen molar-refractivity contribution < 1.29 is 4.79 Å². The number of nitrogens with two attached hydrogens (primary N) is 1. The lowest BCUT2D eigenvalue weighted by atomic mass is 10.1. The van der Waals surface area contributed by atoms with E-state index in [0.29, 0.717) is 13.0 Å². The fourth-order valence-corrected chi connectivity index (χ4v) is 1.25. The number of carbonyl (C=O) groups excluding carboxylic acids is 1. The lowest BCUT2D eigenvalue weighted by Crippen LogP contribution is -2.16. The van der Waals surface area contributed by atoms with Gasteiger partial charge in [0, 0.05) is 18.7 Å². The van der Waals surface area contributed by atoms with Crippen LogP contribution in [0.1, 0.15) is 17.5 Å². The third-order valence-electron chi connectivity index (χ3n) is 2.08. The first-order chi connectivity index (χ1) is 6.59. The quantitative estimate of drug-likeness (QED) is 0.761. The molecule has 3 heteroatoms. The smallest absolute Gasteiger partial charge is 0.219 e. The predicted molar refractivity (Wildman–Crippen MR) is 58.2 cm³/mol. The molecule has 0 atom stereocenters. The summed E-state index contributed by atoms with van der Waals surface area (Å²) in [7, 11) is 0. The highest BCUT2D eigenvalue weighted by molar-refractivity contribution is 5.74. The van der Waals surface area contributed by atoms with Gasteiger partial charge in [-0.2, -0.15) is 0 Å². The molecule has 0 heterocycles. The number of primary amides is 1. The third kappa shape index (κ3) is 3.09. The molecular weight excluding hydrogens is 176 g/mol. The van der Waals surface area contributed by atoms with Gasteiger partial charge in [-0.15, -0.1) is 0 Å². The first-order valence-corrected chi connectivity index (χ1v) is 4.69. The molecule has 1 aromatic carbocycles. The summed E-state index contributed by atoms with van der Waals surface area (Å²) in [5.41, 5.74) is 8.51. The van der Waals surface area contributed by atoms with Gasteiger partial charge in [-0.3, -0.25) is 4.79 Å². The molecule has 1 aromatic rings. The minimum atomic E-state index is -0.275. The number of benzene rings is 1. The largest absolute Gasteiger partial charge is 0.384 e. The third-order valence-corrected chi connectivity index (χ3v) is 2.08. The number of carbonyl (C=O) groups is 1. The first-order valence-electron chi connectivity index (χ1n) is 4.69. The first kappa shape index (κ1) is 10.6. The van der Waals surface area contributed by atoms with Crippen molar-refractivity contribution in [2.24, 2.45) is 5.73 Å². The second kappa shape index (κ2) is 4.65. The van der Waals surface area contributed by atoms with Gasteiger partial charge in [0.15, 0.2) is 0 Å². The Hall–Kier alpha value is -1.51. The van der Waals surface area contributed by atoms with Crippen LogP contribution in [0, 0.1) is 13.8 Å². The van der Waals surface area contributed by atoms with Gasteiger partial charge in [0.2, 0.25) is 5.91 Å². The Morgan fingerprint density at radius 2 is 2.14 bits per heavy atom. The van der Waals surface area contributed by atoms with Crippen molar-refractivity contribution in [3.8, 4) is 0 Å². The normalized spacial score (nSPS) is 9.86. The van der Waals surface area contributed by atoms with Crippen molar-refractivity contribution in [1.82, 2.24) is 0 Å². The Balaban J connectivity index is 2.57. The molecule has 0 aliphatic heterocycles. The number of amides is 1. The van der Waals surface area contributed by atoms with Gasteiger partial charge in [0.1, 0.15) is 0 Å². The number of hydrogen-bond acceptors (Lipinski definition) is 2. The molecule has 0 saturated carbocycles. The minimum absolute atomic E-state index is 0.275. The van der Waals surface area contributed by atoms with E-state index >= 15 is 0 Å². The highest BCUT2D eigenvalue weighted by Crippen LogP contribution is 2.15. The van der Waals surface area contributed by atoms with Crippen molar-refractivity contribution >= 4 is 11.6 Å². The Morgan fingerprint density at radius 3 is 2.79 bits per heavy atom. The molecule has 0 unspecified atom stereocenters. The van der Waals surface area contributed by atoms with E-state index in [4.69, 9.17) is 5.73 Å². The molecular formula is C11H16N2O. The van der Waals surface area contributed by atoms with Gasteiger partial charge in [-0.1, -0.05) is 12.1 Å². The predicted octanol–water partition coefficient (Wildman–Crippen LogP) is 1.59. The molecule has 1 amide bonds. The molecule has 0 aromatic heterocycles. The van der Waals surface area contributed by atoms with Crippen LogP contribution in [0.2, 0.25) is 0 Å². The van der Waals surface area contributed by atoms with Gasteiger partial charge in [0.25, 0.3) is 0 Å². The van der Waals surface area contributed by atoms with Crippen molar-refractivity contribution in [3.05, 3.63) is 29.3 Å². The highest BCUT2D eigenvalue weighted by Gasteiger charge is 1.98. The summed E-state index contributed by atoms with van der Waals surface area (Å²) in [6.45, 7) is 4.67. The summed E-state index contributed by atoms with van der Waals surface area (Å²) in [6.07, 6.45) is 0.368. The molecule has 0 fully saturated rings. The highest BCUT2D eigenvalue weighted by atomic mass is 16.1. The Bertz CT molecular complexity index is 334. The maximum atomic E-state index is 10.5. The van der Waals surface area contributed by atoms with Crippen LogP contribution >= 0.6 is 0 Å². The van der Waals surface area contributed by atoms with Crippen LogP contribution in [0.25, 0.3) is 0 Å². The van der Waals surface area contributed by atoms with Crippen molar-refractivity contribution in [3.63, 3.8) is 0 Å². The van der Waals surface area contributed by atoms with E-state index in [0.717, 1.165) is 5.69 Å². The zero-order chi connectivity index (χ0) is 10.6. The summed E-state index contributed by atoms with van der Waals surface area (Å²) in [6, 6.07) is 6.19. The van der Waals surface area contributed by atoms with Crippen molar-refractivity contribution in [2.45, 2.75) is 20.3 Å². The second-order valence-electron chi connectivity index (χ2n) is 3.46. The fourth-order valence-electron chi connectivity index (χ4n) is 1.25. The van der Waals surface area contributed by atoms with Crippen LogP contribution in [-0.4, -0.2) is 12.5 Å². The number of hydrogen-bond donors (Lipinski definition) is 2. The molecule has 0 spiro atoms. The maximum absolute atomic E-state index is 10.5. The number of rotatable bonds is 4. The molecule has 3 N–H and O–H groups in total. The van der Waals surface area contributed by atoms with Crippen molar-refractivity contribution in [1.29, 1.82) is 0 Å². The SMILES string of the molecule is Cc1ccc(C)c(NCCC(N)=O)c1. The number of aryl methyl sites for hydroxylation is 2. The Kier molecular flexibility index (Phi) is 3.51. The van der Waals surface area contributed by atoms with E-state index in [2.05, 4.69) is 23.5 Å². The fraction of sp³-hybridized carbons (Fsp3) is 0.364. The van der Waals surface area contributed by atoms with Gasteiger partial charge in [-0.25, -0.2) is 0 Å². The molecule has 0 radical (unpaired) electrons. The number of anilines is 1. The van der Waals surface area contributed by atoms with Crippen LogP contribution in [0.3, 0.4) is 0 Å². The molecule has 3 nitrogen and oxygen atoms in total. The second-order valence-corrected chi connectivity index (χ2v) is 3.46. The molecule has 0 aliphatic carbocycles. The molecule has 14 heavy (non-hydrogen) atoms. The molecule has 76 valence electrons. The monoisotopic (exact) mass is 192 g/mol. The summed E-state index contributed by atoms with van der Waals surface area (Å²) in [5, 5.41) is 3.18. The summed E-state index contributed by atoms with van der Waals surface area (Å²) in [4.78, 5) is 10.5. The maximum Gasteiger partial charge on any atom is 0.219 e. The van der Waals surface area contributed by atoms with Crippen LogP contribution in [0.15, 0.2) is 18.2 Å². The summed E-state index contributed by atoms with van der Waals surface area (Å²) >= 11 is 0. The van der Waals surface area contributed by atoms with Crippen LogP contribution < -0.4 is 11.1 Å². The van der Waals surface area contributed by atoms with Crippen LogP contribution in [0.4, 0.5) is 5.69 Å². The zero-order valence-electron chi connectivity index (χ0n) is 8.63. The topological polar surface area (TPSA) is 55.1 Å². The van der Waals surface area contributed by atoms with E-state index in [1.807, 2.05) is 13.8 Å². The standard InChI is InChI=1S/C11H16N2O/c1-8-3-4-9(2)10(7-8)13-6-5-11(12)14/h3-4,7,13H,5-6H2,1-2H3,(H2,12,14). The Labute approximate surface area is 84.3 Å². The molecule has 1 rings (SSSR count). The van der Waals surface area contributed by atoms with E-state index < -0.39 is 0 Å². The van der Waals surface area contributed by atoms with Gasteiger partial charge >= 0.3 is 0 Å². The minimum Gasteiger partial charge on any atom is -0.384 e. The summed E-state index contributed by atoms with van der Waals surface area (Å²) < 4.78 is 0. The average Bonchev–Trinajstić information content (AvgIpc) is 2.10. The van der Waals surface area contributed by atoms with Crippen molar-refractivity contribution in [2.75, 3.05) is 11.9 Å². The van der Waals surface area contributed by atoms with E-state index in [1.54, 1.807) is 0 Å². The molecule has 0 aliphatic rings. The van der Waals surface area contributed by atoms with E-state index in [1.165, 1.54) is 11.1 Å². The van der Waals surface area contributed by atoms with E-state index in [9.17, 15) is 4.79 Å². The molecule has 0 saturated heterocycles. The van der Waals surface area contributed by atoms with Crippen LogP contribution in [0.5, 0.6) is 0 Å². The van der Waals surface area contributed by atoms with Crippen LogP contribution in [-0.2, 0) is 4.79 Å².